The van der Waals surface area contributed by atoms with Gasteiger partial charge in [-0.15, -0.1) is 0 Å². The quantitative estimate of drug-likeness (QED) is 0.323. The van der Waals surface area contributed by atoms with Gasteiger partial charge in [-0.05, 0) is 62.1 Å². The normalized spacial score (nSPS) is 16.7. The monoisotopic (exact) mass is 646 g/mol. The van der Waals surface area contributed by atoms with Crippen LogP contribution in [0, 0.1) is 0 Å². The summed E-state index contributed by atoms with van der Waals surface area (Å²) in [5.74, 6) is 1.63. The molecule has 2 saturated heterocycles. The molecule has 2 aromatic rings. The number of aliphatic hydroxyl groups is 1. The first-order valence-electron chi connectivity index (χ1n) is 13.5. The van der Waals surface area contributed by atoms with Crippen LogP contribution in [-0.2, 0) is 32.2 Å². The number of carbonyl (C=O) groups is 2. The number of carbonyl (C=O) groups excluding carboxylic acids is 2. The molecule has 0 bridgehead atoms. The Kier molecular flexibility index (Phi) is 19.2. The van der Waals surface area contributed by atoms with Gasteiger partial charge in [-0.2, -0.15) is 0 Å². The number of nitrogens with zero attached hydrogens (tertiary/aromatic N) is 2. The van der Waals surface area contributed by atoms with Crippen LogP contribution in [0.15, 0.2) is 48.5 Å². The van der Waals surface area contributed by atoms with Gasteiger partial charge in [-0.1, -0.05) is 40.2 Å². The number of ether oxygens (including phenoxy) is 4. The van der Waals surface area contributed by atoms with E-state index in [0.717, 1.165) is 35.8 Å². The predicted molar refractivity (Wildman–Crippen MR) is 159 cm³/mol. The molecule has 2 atom stereocenters. The maximum Gasteiger partial charge on any atom is 1.00 e. The number of alkyl halides is 1. The SMILES string of the molecule is C1CCOC1.COc1ccc(CN(C(=O)CBr)C(C)CO)cc1.COc1ccc(CN2C(=O)COCC2C)cc1.[H-].[Na+]. The molecule has 4 rings (SSSR count). The molecule has 0 aromatic heterocycles. The first-order chi connectivity index (χ1) is 19.3. The maximum atomic E-state index is 11.8. The average molecular weight is 648 g/mol. The molecule has 2 unspecified atom stereocenters. The number of methoxy groups -OCH3 is 2. The molecule has 0 spiro atoms. The summed E-state index contributed by atoms with van der Waals surface area (Å²) in [4.78, 5) is 27.0. The van der Waals surface area contributed by atoms with Gasteiger partial charge >= 0.3 is 29.6 Å². The number of morpholine rings is 1. The van der Waals surface area contributed by atoms with E-state index in [2.05, 4.69) is 15.9 Å². The Bertz CT molecular complexity index is 1010. The number of hydrogen-bond donors (Lipinski definition) is 1. The summed E-state index contributed by atoms with van der Waals surface area (Å²) in [7, 11) is 3.26. The summed E-state index contributed by atoms with van der Waals surface area (Å²) in [5, 5.41) is 9.44. The Morgan fingerprint density at radius 2 is 1.59 bits per heavy atom. The molecular weight excluding hydrogens is 603 g/mol. The molecule has 11 heteroatoms. The number of hydrogen-bond acceptors (Lipinski definition) is 7. The minimum absolute atomic E-state index is 0. The maximum absolute atomic E-state index is 11.8. The van der Waals surface area contributed by atoms with Crippen molar-refractivity contribution in [2.45, 2.75) is 51.9 Å². The van der Waals surface area contributed by atoms with Crippen LogP contribution in [0.1, 0.15) is 39.2 Å². The molecule has 2 heterocycles. The zero-order chi connectivity index (χ0) is 29.3. The van der Waals surface area contributed by atoms with Crippen molar-refractivity contribution < 1.29 is 64.6 Å². The Morgan fingerprint density at radius 1 is 1.05 bits per heavy atom. The molecule has 0 aliphatic carbocycles. The van der Waals surface area contributed by atoms with Gasteiger partial charge in [0.05, 0.1) is 44.8 Å². The van der Waals surface area contributed by atoms with E-state index in [1.165, 1.54) is 12.8 Å². The minimum atomic E-state index is -0.197. The molecular formula is C30H44BrN2NaO7. The van der Waals surface area contributed by atoms with Crippen LogP contribution in [0.4, 0.5) is 0 Å². The first kappa shape index (κ1) is 37.4. The number of benzene rings is 2. The molecule has 224 valence electrons. The van der Waals surface area contributed by atoms with Crippen molar-refractivity contribution >= 4 is 27.7 Å². The largest absolute Gasteiger partial charge is 1.00 e. The molecule has 2 fully saturated rings. The molecule has 2 aromatic carbocycles. The zero-order valence-electron chi connectivity index (χ0n) is 26.0. The Labute approximate surface area is 276 Å². The van der Waals surface area contributed by atoms with Crippen LogP contribution < -0.4 is 39.0 Å². The van der Waals surface area contributed by atoms with Gasteiger partial charge in [0, 0.05) is 26.3 Å². The Balaban J connectivity index is 0.000000658. The number of halogens is 1. The van der Waals surface area contributed by atoms with Gasteiger partial charge in [0.1, 0.15) is 18.1 Å². The van der Waals surface area contributed by atoms with Crippen molar-refractivity contribution in [3.63, 3.8) is 0 Å². The van der Waals surface area contributed by atoms with Gasteiger partial charge in [0.15, 0.2) is 0 Å². The third-order valence-electron chi connectivity index (χ3n) is 6.52. The molecule has 2 amide bonds. The van der Waals surface area contributed by atoms with E-state index in [0.29, 0.717) is 19.7 Å². The van der Waals surface area contributed by atoms with Crippen LogP contribution in [0.2, 0.25) is 0 Å². The summed E-state index contributed by atoms with van der Waals surface area (Å²) in [6.45, 7) is 7.70. The topological polar surface area (TPSA) is 97.8 Å². The van der Waals surface area contributed by atoms with Gasteiger partial charge < -0.3 is 35.3 Å². The molecule has 0 radical (unpaired) electrons. The van der Waals surface area contributed by atoms with E-state index in [4.69, 9.17) is 18.9 Å². The summed E-state index contributed by atoms with van der Waals surface area (Å²) in [6.07, 6.45) is 2.56. The smallest absolute Gasteiger partial charge is 1.00 e. The molecule has 41 heavy (non-hydrogen) atoms. The number of amides is 2. The summed E-state index contributed by atoms with van der Waals surface area (Å²) < 4.78 is 20.3. The van der Waals surface area contributed by atoms with Crippen LogP contribution in [0.25, 0.3) is 0 Å². The van der Waals surface area contributed by atoms with Crippen LogP contribution in [-0.4, -0.2) is 91.4 Å². The van der Waals surface area contributed by atoms with E-state index in [1.807, 2.05) is 67.3 Å². The molecule has 0 saturated carbocycles. The number of aliphatic hydroxyl groups excluding tert-OH is 1. The first-order valence-corrected chi connectivity index (χ1v) is 14.6. The second-order valence-electron chi connectivity index (χ2n) is 9.59. The van der Waals surface area contributed by atoms with Gasteiger partial charge in [-0.3, -0.25) is 9.59 Å². The van der Waals surface area contributed by atoms with Crippen molar-refractivity contribution in [1.29, 1.82) is 0 Å². The van der Waals surface area contributed by atoms with Crippen molar-refractivity contribution in [2.24, 2.45) is 0 Å². The van der Waals surface area contributed by atoms with Crippen LogP contribution in [0.5, 0.6) is 11.5 Å². The van der Waals surface area contributed by atoms with Crippen LogP contribution in [0.3, 0.4) is 0 Å². The van der Waals surface area contributed by atoms with Crippen molar-refractivity contribution in [3.05, 3.63) is 59.7 Å². The van der Waals surface area contributed by atoms with E-state index < -0.39 is 0 Å². The van der Waals surface area contributed by atoms with Crippen molar-refractivity contribution in [2.75, 3.05) is 52.6 Å². The van der Waals surface area contributed by atoms with Crippen molar-refractivity contribution in [1.82, 2.24) is 9.80 Å². The van der Waals surface area contributed by atoms with E-state index in [1.54, 1.807) is 19.1 Å². The zero-order valence-corrected chi connectivity index (χ0v) is 28.6. The fourth-order valence-corrected chi connectivity index (χ4v) is 4.33. The summed E-state index contributed by atoms with van der Waals surface area (Å²) in [6, 6.07) is 15.3. The average Bonchev–Trinajstić information content (AvgIpc) is 3.59. The standard InChI is InChI=1S/C13H18BrNO3.C13H17NO3.C4H8O.Na.H/c1-10(9-16)15(13(17)7-14)8-11-3-5-12(18-2)6-4-11;1-10-8-17-9-13(15)14(10)7-11-3-5-12(16-2)6-4-11;1-2-4-5-3-1;;/h3-6,10,16H,7-9H2,1-2H3;3-6,10H,7-9H2,1-2H3;1-4H2;;/q;;;+1;-1. The van der Waals surface area contributed by atoms with E-state index in [-0.39, 0.29) is 73.4 Å². The minimum Gasteiger partial charge on any atom is -1.00 e. The van der Waals surface area contributed by atoms with Crippen LogP contribution >= 0.6 is 15.9 Å². The Morgan fingerprint density at radius 3 is 2.00 bits per heavy atom. The van der Waals surface area contributed by atoms with Gasteiger partial charge in [0.2, 0.25) is 11.8 Å². The van der Waals surface area contributed by atoms with Crippen molar-refractivity contribution in [3.8, 4) is 11.5 Å². The molecule has 9 nitrogen and oxygen atoms in total. The Hall–Kier alpha value is -1.66. The van der Waals surface area contributed by atoms with Gasteiger partial charge in [0.25, 0.3) is 0 Å². The molecule has 2 aliphatic heterocycles. The fourth-order valence-electron chi connectivity index (χ4n) is 4.01. The predicted octanol–water partition coefficient (Wildman–Crippen LogP) is 1.16. The van der Waals surface area contributed by atoms with Gasteiger partial charge in [-0.25, -0.2) is 0 Å². The molecule has 1 N–H and O–H groups in total. The number of rotatable bonds is 9. The second-order valence-corrected chi connectivity index (χ2v) is 10.1. The third kappa shape index (κ3) is 13.5. The molecule has 2 aliphatic rings. The second kappa shape index (κ2) is 21.1. The summed E-state index contributed by atoms with van der Waals surface area (Å²) >= 11 is 3.16. The third-order valence-corrected chi connectivity index (χ3v) is 7.00. The van der Waals surface area contributed by atoms with E-state index >= 15 is 0 Å². The van der Waals surface area contributed by atoms with E-state index in [9.17, 15) is 14.7 Å². The summed E-state index contributed by atoms with van der Waals surface area (Å²) in [5.41, 5.74) is 2.11. The fraction of sp³-hybridized carbons (Fsp3) is 0.533.